The van der Waals surface area contributed by atoms with Gasteiger partial charge in [0.1, 0.15) is 4.90 Å². The number of benzene rings is 1. The predicted octanol–water partition coefficient (Wildman–Crippen LogP) is 1.59. The van der Waals surface area contributed by atoms with E-state index in [-0.39, 0.29) is 11.4 Å². The Hall–Kier alpha value is -1.86. The number of hydrogen-bond donors (Lipinski definition) is 3. The van der Waals surface area contributed by atoms with Crippen molar-refractivity contribution < 1.29 is 8.42 Å². The van der Waals surface area contributed by atoms with Crippen LogP contribution in [0.5, 0.6) is 0 Å². The van der Waals surface area contributed by atoms with Gasteiger partial charge in [-0.3, -0.25) is 9.82 Å². The topological polar surface area (TPSA) is 101 Å². The van der Waals surface area contributed by atoms with Gasteiger partial charge in [-0.25, -0.2) is 8.42 Å². The van der Waals surface area contributed by atoms with Crippen molar-refractivity contribution >= 4 is 15.7 Å². The first kappa shape index (κ1) is 14.5. The molecule has 0 unspecified atom stereocenters. The van der Waals surface area contributed by atoms with Crippen LogP contribution in [0.25, 0.3) is 0 Å². The van der Waals surface area contributed by atoms with Crippen LogP contribution in [0.3, 0.4) is 0 Å². The molecule has 0 aliphatic heterocycles. The first-order chi connectivity index (χ1) is 9.33. The third-order valence-corrected chi connectivity index (χ3v) is 4.48. The van der Waals surface area contributed by atoms with Crippen LogP contribution in [0.1, 0.15) is 22.5 Å². The molecule has 1 aromatic heterocycles. The average Bonchev–Trinajstić information content (AvgIpc) is 2.69. The summed E-state index contributed by atoms with van der Waals surface area (Å²) in [4.78, 5) is 0.124. The summed E-state index contributed by atoms with van der Waals surface area (Å²) in [7, 11) is -3.70. The fourth-order valence-corrected chi connectivity index (χ4v) is 3.62. The average molecular weight is 294 g/mol. The summed E-state index contributed by atoms with van der Waals surface area (Å²) in [5, 5.41) is 6.56. The van der Waals surface area contributed by atoms with Crippen molar-refractivity contribution in [2.24, 2.45) is 5.73 Å². The highest BCUT2D eigenvalue weighted by Gasteiger charge is 2.23. The van der Waals surface area contributed by atoms with Gasteiger partial charge in [-0.2, -0.15) is 5.10 Å². The van der Waals surface area contributed by atoms with Crippen LogP contribution in [0.15, 0.2) is 23.1 Å². The standard InChI is InChI=1S/C13H18N4O2S/c1-8-4-9(2)6-11(5-8)17-20(18,19)13-10(3)15-16-12(13)7-14/h4-6,17H,7,14H2,1-3H3,(H,15,16). The number of aryl methyl sites for hydroxylation is 3. The second-order valence-corrected chi connectivity index (χ2v) is 6.43. The molecule has 0 bridgehead atoms. The van der Waals surface area contributed by atoms with Crippen molar-refractivity contribution in [3.05, 3.63) is 40.7 Å². The Morgan fingerprint density at radius 2 is 1.80 bits per heavy atom. The lowest BCUT2D eigenvalue weighted by atomic mass is 10.1. The summed E-state index contributed by atoms with van der Waals surface area (Å²) in [6, 6.07) is 5.54. The molecule has 0 atom stereocenters. The molecule has 7 heteroatoms. The molecule has 4 N–H and O–H groups in total. The third kappa shape index (κ3) is 2.83. The minimum atomic E-state index is -3.70. The van der Waals surface area contributed by atoms with E-state index in [1.165, 1.54) is 0 Å². The van der Waals surface area contributed by atoms with Gasteiger partial charge < -0.3 is 5.73 Å². The van der Waals surface area contributed by atoms with Crippen molar-refractivity contribution in [3.63, 3.8) is 0 Å². The van der Waals surface area contributed by atoms with E-state index in [1.54, 1.807) is 19.1 Å². The SMILES string of the molecule is Cc1cc(C)cc(NS(=O)(=O)c2c(CN)n[nH]c2C)c1. The molecule has 20 heavy (non-hydrogen) atoms. The van der Waals surface area contributed by atoms with Gasteiger partial charge in [0.25, 0.3) is 10.0 Å². The van der Waals surface area contributed by atoms with Crippen LogP contribution in [-0.2, 0) is 16.6 Å². The molecule has 0 radical (unpaired) electrons. The summed E-state index contributed by atoms with van der Waals surface area (Å²) in [6.07, 6.45) is 0. The van der Waals surface area contributed by atoms with Crippen LogP contribution in [0.4, 0.5) is 5.69 Å². The molecular weight excluding hydrogens is 276 g/mol. The molecule has 0 aliphatic rings. The lowest BCUT2D eigenvalue weighted by Gasteiger charge is -2.10. The Morgan fingerprint density at radius 1 is 1.20 bits per heavy atom. The first-order valence-electron chi connectivity index (χ1n) is 6.18. The molecule has 0 fully saturated rings. The molecule has 0 saturated heterocycles. The quantitative estimate of drug-likeness (QED) is 0.797. The highest BCUT2D eigenvalue weighted by molar-refractivity contribution is 7.92. The summed E-state index contributed by atoms with van der Waals surface area (Å²) in [5.74, 6) is 0. The summed E-state index contributed by atoms with van der Waals surface area (Å²) >= 11 is 0. The summed E-state index contributed by atoms with van der Waals surface area (Å²) in [6.45, 7) is 5.55. The van der Waals surface area contributed by atoms with Gasteiger partial charge in [0, 0.05) is 12.2 Å². The molecule has 2 rings (SSSR count). The van der Waals surface area contributed by atoms with Gasteiger partial charge >= 0.3 is 0 Å². The van der Waals surface area contributed by atoms with E-state index in [9.17, 15) is 8.42 Å². The molecule has 0 saturated carbocycles. The van der Waals surface area contributed by atoms with Gasteiger partial charge in [0.15, 0.2) is 0 Å². The molecule has 0 aliphatic carbocycles. The lowest BCUT2D eigenvalue weighted by molar-refractivity contribution is 0.599. The second-order valence-electron chi connectivity index (χ2n) is 4.81. The molecule has 0 amide bonds. The minimum Gasteiger partial charge on any atom is -0.325 e. The number of sulfonamides is 1. The Labute approximate surface area is 118 Å². The zero-order valence-electron chi connectivity index (χ0n) is 11.7. The number of anilines is 1. The summed E-state index contributed by atoms with van der Waals surface area (Å²) in [5.41, 5.74) is 8.85. The van der Waals surface area contributed by atoms with Crippen LogP contribution in [-0.4, -0.2) is 18.6 Å². The maximum absolute atomic E-state index is 12.5. The van der Waals surface area contributed by atoms with E-state index in [1.807, 2.05) is 19.9 Å². The molecule has 108 valence electrons. The largest absolute Gasteiger partial charge is 0.325 e. The zero-order chi connectivity index (χ0) is 14.9. The van der Waals surface area contributed by atoms with E-state index in [2.05, 4.69) is 14.9 Å². The number of nitrogens with one attached hydrogen (secondary N) is 2. The second kappa shape index (κ2) is 5.26. The van der Waals surface area contributed by atoms with E-state index in [0.717, 1.165) is 11.1 Å². The van der Waals surface area contributed by atoms with Gasteiger partial charge in [0.2, 0.25) is 0 Å². The van der Waals surface area contributed by atoms with E-state index < -0.39 is 10.0 Å². The molecule has 0 spiro atoms. The van der Waals surface area contributed by atoms with Gasteiger partial charge in [-0.1, -0.05) is 6.07 Å². The number of rotatable bonds is 4. The number of nitrogens with zero attached hydrogens (tertiary/aromatic N) is 1. The van der Waals surface area contributed by atoms with Crippen LogP contribution in [0.2, 0.25) is 0 Å². The number of nitrogens with two attached hydrogens (primary N) is 1. The highest BCUT2D eigenvalue weighted by Crippen LogP contribution is 2.22. The number of aromatic amines is 1. The molecule has 2 aromatic rings. The van der Waals surface area contributed by atoms with Crippen LogP contribution >= 0.6 is 0 Å². The fraction of sp³-hybridized carbons (Fsp3) is 0.308. The highest BCUT2D eigenvalue weighted by atomic mass is 32.2. The van der Waals surface area contributed by atoms with Gasteiger partial charge in [-0.05, 0) is 44.0 Å². The maximum Gasteiger partial charge on any atom is 0.265 e. The Morgan fingerprint density at radius 3 is 2.35 bits per heavy atom. The smallest absolute Gasteiger partial charge is 0.265 e. The van der Waals surface area contributed by atoms with Gasteiger partial charge in [-0.15, -0.1) is 0 Å². The Bertz CT molecular complexity index is 715. The number of hydrogen-bond acceptors (Lipinski definition) is 4. The lowest BCUT2D eigenvalue weighted by Crippen LogP contribution is -2.16. The van der Waals surface area contributed by atoms with Gasteiger partial charge in [0.05, 0.1) is 11.4 Å². The fourth-order valence-electron chi connectivity index (χ4n) is 2.20. The van der Waals surface area contributed by atoms with E-state index in [0.29, 0.717) is 17.1 Å². The Balaban J connectivity index is 2.43. The van der Waals surface area contributed by atoms with Crippen molar-refractivity contribution in [1.82, 2.24) is 10.2 Å². The third-order valence-electron chi connectivity index (χ3n) is 2.90. The monoisotopic (exact) mass is 294 g/mol. The van der Waals surface area contributed by atoms with Crippen molar-refractivity contribution in [3.8, 4) is 0 Å². The van der Waals surface area contributed by atoms with Crippen LogP contribution < -0.4 is 10.5 Å². The molecule has 6 nitrogen and oxygen atoms in total. The normalized spacial score (nSPS) is 11.6. The maximum atomic E-state index is 12.5. The van der Waals surface area contributed by atoms with E-state index in [4.69, 9.17) is 5.73 Å². The van der Waals surface area contributed by atoms with Crippen molar-refractivity contribution in [2.45, 2.75) is 32.2 Å². The molecular formula is C13H18N4O2S. The van der Waals surface area contributed by atoms with E-state index >= 15 is 0 Å². The summed E-state index contributed by atoms with van der Waals surface area (Å²) < 4.78 is 27.5. The zero-order valence-corrected chi connectivity index (χ0v) is 12.5. The first-order valence-corrected chi connectivity index (χ1v) is 7.67. The van der Waals surface area contributed by atoms with Crippen molar-refractivity contribution in [2.75, 3.05) is 4.72 Å². The number of aromatic nitrogens is 2. The minimum absolute atomic E-state index is 0.0629. The number of H-pyrrole nitrogens is 1. The van der Waals surface area contributed by atoms with Crippen LogP contribution in [0, 0.1) is 20.8 Å². The Kier molecular flexibility index (Phi) is 3.82. The van der Waals surface area contributed by atoms with Crippen molar-refractivity contribution in [1.29, 1.82) is 0 Å². The molecule has 1 aromatic carbocycles. The molecule has 1 heterocycles. The predicted molar refractivity (Wildman–Crippen MR) is 77.9 cm³/mol.